The zero-order valence-electron chi connectivity index (χ0n) is 20.7. The van der Waals surface area contributed by atoms with Crippen LogP contribution < -0.4 is 9.46 Å². The molecule has 4 rings (SSSR count). The number of ether oxygens (including phenoxy) is 1. The summed E-state index contributed by atoms with van der Waals surface area (Å²) in [5.41, 5.74) is 4.58. The van der Waals surface area contributed by atoms with Gasteiger partial charge in [-0.15, -0.1) is 0 Å². The predicted octanol–water partition coefficient (Wildman–Crippen LogP) is 5.84. The van der Waals surface area contributed by atoms with E-state index in [-0.39, 0.29) is 4.90 Å². The van der Waals surface area contributed by atoms with E-state index in [4.69, 9.17) is 4.74 Å². The maximum absolute atomic E-state index is 13.1. The van der Waals surface area contributed by atoms with E-state index in [1.165, 1.54) is 0 Å². The number of nitrogens with one attached hydrogen (secondary N) is 1. The van der Waals surface area contributed by atoms with Crippen LogP contribution >= 0.6 is 0 Å². The SMILES string of the molecule is C=Cc1ccc(COc2ccc(C[C@H](NS(=O)(=O)c3ccc(C)cc3)[C@H](O)c3ccccc3)cc2)cc1. The molecule has 0 saturated heterocycles. The van der Waals surface area contributed by atoms with Crippen LogP contribution in [0.2, 0.25) is 0 Å². The molecule has 190 valence electrons. The molecule has 0 heterocycles. The zero-order valence-corrected chi connectivity index (χ0v) is 21.6. The van der Waals surface area contributed by atoms with Gasteiger partial charge in [0.2, 0.25) is 10.0 Å². The van der Waals surface area contributed by atoms with Gasteiger partial charge in [0.15, 0.2) is 0 Å². The minimum absolute atomic E-state index is 0.160. The molecular weight excluding hydrogens is 482 g/mol. The number of rotatable bonds is 11. The molecule has 0 fully saturated rings. The Hall–Kier alpha value is -3.71. The number of aliphatic hydroxyl groups excluding tert-OH is 1. The van der Waals surface area contributed by atoms with E-state index >= 15 is 0 Å². The fourth-order valence-electron chi connectivity index (χ4n) is 3.98. The molecule has 2 atom stereocenters. The summed E-state index contributed by atoms with van der Waals surface area (Å²) in [4.78, 5) is 0.160. The van der Waals surface area contributed by atoms with Crippen molar-refractivity contribution in [1.82, 2.24) is 4.72 Å². The first kappa shape index (κ1) is 26.4. The van der Waals surface area contributed by atoms with Crippen LogP contribution in [0.3, 0.4) is 0 Å². The number of aryl methyl sites for hydroxylation is 1. The summed E-state index contributed by atoms with van der Waals surface area (Å²) in [6.07, 6.45) is 1.06. The highest BCUT2D eigenvalue weighted by Crippen LogP contribution is 2.24. The topological polar surface area (TPSA) is 75.6 Å². The molecule has 37 heavy (non-hydrogen) atoms. The predicted molar refractivity (Wildman–Crippen MR) is 148 cm³/mol. The van der Waals surface area contributed by atoms with Gasteiger partial charge >= 0.3 is 0 Å². The Kier molecular flexibility index (Phi) is 8.56. The Bertz CT molecular complexity index is 1400. The molecule has 0 amide bonds. The van der Waals surface area contributed by atoms with Crippen molar-refractivity contribution in [2.24, 2.45) is 0 Å². The van der Waals surface area contributed by atoms with Gasteiger partial charge in [-0.2, -0.15) is 0 Å². The van der Waals surface area contributed by atoms with Crippen molar-refractivity contribution in [3.05, 3.63) is 138 Å². The molecule has 0 aromatic heterocycles. The Morgan fingerprint density at radius 3 is 2.11 bits per heavy atom. The monoisotopic (exact) mass is 513 g/mol. The van der Waals surface area contributed by atoms with Crippen LogP contribution in [0.25, 0.3) is 6.08 Å². The highest BCUT2D eigenvalue weighted by atomic mass is 32.2. The third-order valence-electron chi connectivity index (χ3n) is 6.16. The lowest BCUT2D eigenvalue weighted by molar-refractivity contribution is 0.138. The molecule has 4 aromatic rings. The quantitative estimate of drug-likeness (QED) is 0.264. The first-order chi connectivity index (χ1) is 17.8. The van der Waals surface area contributed by atoms with Crippen molar-refractivity contribution in [3.8, 4) is 5.75 Å². The fourth-order valence-corrected chi connectivity index (χ4v) is 5.22. The Morgan fingerprint density at radius 1 is 0.865 bits per heavy atom. The lowest BCUT2D eigenvalue weighted by Crippen LogP contribution is -2.40. The van der Waals surface area contributed by atoms with Crippen LogP contribution in [-0.2, 0) is 23.1 Å². The molecule has 5 nitrogen and oxygen atoms in total. The Labute approximate surface area is 219 Å². The summed E-state index contributed by atoms with van der Waals surface area (Å²) < 4.78 is 34.9. The second-order valence-corrected chi connectivity index (χ2v) is 10.7. The molecular formula is C31H31NO4S. The first-order valence-corrected chi connectivity index (χ1v) is 13.6. The summed E-state index contributed by atoms with van der Waals surface area (Å²) in [5.74, 6) is 0.706. The van der Waals surface area contributed by atoms with E-state index < -0.39 is 22.2 Å². The lowest BCUT2D eigenvalue weighted by Gasteiger charge is -2.25. The lowest BCUT2D eigenvalue weighted by atomic mass is 9.97. The van der Waals surface area contributed by atoms with Gasteiger partial charge in [0.25, 0.3) is 0 Å². The van der Waals surface area contributed by atoms with Crippen LogP contribution in [0.15, 0.2) is 115 Å². The third kappa shape index (κ3) is 7.17. The van der Waals surface area contributed by atoms with Crippen molar-refractivity contribution in [2.75, 3.05) is 0 Å². The molecule has 0 aliphatic heterocycles. The number of hydrogen-bond acceptors (Lipinski definition) is 4. The van der Waals surface area contributed by atoms with Crippen molar-refractivity contribution in [3.63, 3.8) is 0 Å². The standard InChI is InChI=1S/C31H31NO4S/c1-3-24-11-13-26(14-12-24)22-36-28-17-15-25(16-18-28)21-30(31(33)27-7-5-4-6-8-27)32-37(34,35)29-19-9-23(2)10-20-29/h3-20,30-33H,1,21-22H2,2H3/t30-,31+/m0/s1. The maximum atomic E-state index is 13.1. The molecule has 0 spiro atoms. The van der Waals surface area contributed by atoms with Crippen molar-refractivity contribution >= 4 is 16.1 Å². The van der Waals surface area contributed by atoms with Crippen LogP contribution in [0.5, 0.6) is 5.75 Å². The van der Waals surface area contributed by atoms with E-state index in [0.29, 0.717) is 24.3 Å². The summed E-state index contributed by atoms with van der Waals surface area (Å²) in [5, 5.41) is 11.1. The highest BCUT2D eigenvalue weighted by molar-refractivity contribution is 7.89. The molecule has 0 saturated carbocycles. The van der Waals surface area contributed by atoms with Crippen LogP contribution in [0, 0.1) is 6.92 Å². The van der Waals surface area contributed by atoms with Gasteiger partial charge in [-0.3, -0.25) is 0 Å². The van der Waals surface area contributed by atoms with Crippen molar-refractivity contribution < 1.29 is 18.3 Å². The smallest absolute Gasteiger partial charge is 0.240 e. The molecule has 0 unspecified atom stereocenters. The van der Waals surface area contributed by atoms with Crippen LogP contribution in [0.1, 0.15) is 33.9 Å². The van der Waals surface area contributed by atoms with Gasteiger partial charge in [0, 0.05) is 0 Å². The average molecular weight is 514 g/mol. The van der Waals surface area contributed by atoms with Crippen LogP contribution in [-0.4, -0.2) is 19.6 Å². The maximum Gasteiger partial charge on any atom is 0.240 e. The number of hydrogen-bond donors (Lipinski definition) is 2. The summed E-state index contributed by atoms with van der Waals surface area (Å²) in [7, 11) is -3.84. The molecule has 6 heteroatoms. The van der Waals surface area contributed by atoms with E-state index in [2.05, 4.69) is 11.3 Å². The van der Waals surface area contributed by atoms with Gasteiger partial charge in [-0.25, -0.2) is 13.1 Å². The Balaban J connectivity index is 1.49. The van der Waals surface area contributed by atoms with E-state index in [1.54, 1.807) is 42.5 Å². The third-order valence-corrected chi connectivity index (χ3v) is 7.67. The minimum atomic E-state index is -3.84. The van der Waals surface area contributed by atoms with Gasteiger partial charge in [0.05, 0.1) is 17.0 Å². The number of sulfonamides is 1. The van der Waals surface area contributed by atoms with Gasteiger partial charge < -0.3 is 9.84 Å². The summed E-state index contributed by atoms with van der Waals surface area (Å²) in [6.45, 7) is 6.10. The van der Waals surface area contributed by atoms with Crippen molar-refractivity contribution in [1.29, 1.82) is 0 Å². The molecule has 0 aliphatic rings. The van der Waals surface area contributed by atoms with E-state index in [1.807, 2.05) is 73.7 Å². The second-order valence-electron chi connectivity index (χ2n) is 8.98. The zero-order chi connectivity index (χ0) is 26.3. The summed E-state index contributed by atoms with van der Waals surface area (Å²) in [6, 6.07) is 30.4. The van der Waals surface area contributed by atoms with Crippen molar-refractivity contribution in [2.45, 2.75) is 37.0 Å². The van der Waals surface area contributed by atoms with Gasteiger partial charge in [-0.05, 0) is 59.9 Å². The molecule has 0 aliphatic carbocycles. The molecule has 2 N–H and O–H groups in total. The Morgan fingerprint density at radius 2 is 1.49 bits per heavy atom. The highest BCUT2D eigenvalue weighted by Gasteiger charge is 2.27. The van der Waals surface area contributed by atoms with Crippen LogP contribution in [0.4, 0.5) is 0 Å². The minimum Gasteiger partial charge on any atom is -0.489 e. The first-order valence-electron chi connectivity index (χ1n) is 12.1. The largest absolute Gasteiger partial charge is 0.489 e. The summed E-state index contributed by atoms with van der Waals surface area (Å²) >= 11 is 0. The second kappa shape index (κ2) is 12.0. The van der Waals surface area contributed by atoms with Gasteiger partial charge in [-0.1, -0.05) is 97.1 Å². The fraction of sp³-hybridized carbons (Fsp3) is 0.161. The average Bonchev–Trinajstić information content (AvgIpc) is 2.93. The van der Waals surface area contributed by atoms with E-state index in [0.717, 1.165) is 22.3 Å². The van der Waals surface area contributed by atoms with Gasteiger partial charge in [0.1, 0.15) is 12.4 Å². The van der Waals surface area contributed by atoms with E-state index in [9.17, 15) is 13.5 Å². The normalized spacial score (nSPS) is 13.0. The molecule has 0 radical (unpaired) electrons. The number of aliphatic hydroxyl groups is 1. The number of benzene rings is 4. The molecule has 4 aromatic carbocycles. The molecule has 0 bridgehead atoms.